The van der Waals surface area contributed by atoms with Gasteiger partial charge >= 0.3 is 0 Å². The molecule has 0 amide bonds. The predicted molar refractivity (Wildman–Crippen MR) is 67.8 cm³/mol. The van der Waals surface area contributed by atoms with E-state index in [1.807, 2.05) is 7.05 Å². The lowest BCUT2D eigenvalue weighted by molar-refractivity contribution is 0.250. The fraction of sp³-hybridized carbons (Fsp3) is 0.818. The summed E-state index contributed by atoms with van der Waals surface area (Å²) in [6.07, 6.45) is 5.28. The second kappa shape index (κ2) is 5.59. The Morgan fingerprint density at radius 3 is 2.81 bits per heavy atom. The molecule has 5 heteroatoms. The maximum absolute atomic E-state index is 4.21. The maximum atomic E-state index is 4.21. The van der Waals surface area contributed by atoms with Crippen molar-refractivity contribution in [3.8, 4) is 0 Å². The summed E-state index contributed by atoms with van der Waals surface area (Å²) in [5.74, 6) is 0. The standard InChI is InChI=1S/C11H20N4S/c1-3-4-7-15(9-5-6-9)8-10-13-14-11(12-2)16-10/h9H,3-8H2,1-2H3,(H,12,14). The van der Waals surface area contributed by atoms with Gasteiger partial charge in [0.25, 0.3) is 0 Å². The summed E-state index contributed by atoms with van der Waals surface area (Å²) >= 11 is 1.66. The van der Waals surface area contributed by atoms with E-state index in [0.717, 1.165) is 22.7 Å². The minimum atomic E-state index is 0.813. The lowest BCUT2D eigenvalue weighted by Gasteiger charge is -2.19. The third-order valence-electron chi connectivity index (χ3n) is 2.88. The average molecular weight is 240 g/mol. The molecule has 1 aliphatic carbocycles. The average Bonchev–Trinajstić information content (AvgIpc) is 3.05. The van der Waals surface area contributed by atoms with Gasteiger partial charge in [0.1, 0.15) is 5.01 Å². The van der Waals surface area contributed by atoms with Crippen molar-refractivity contribution in [1.82, 2.24) is 15.1 Å². The van der Waals surface area contributed by atoms with Gasteiger partial charge in [-0.15, -0.1) is 10.2 Å². The Morgan fingerprint density at radius 1 is 1.44 bits per heavy atom. The van der Waals surface area contributed by atoms with Crippen LogP contribution in [0, 0.1) is 0 Å². The van der Waals surface area contributed by atoms with Crippen LogP contribution in [-0.2, 0) is 6.54 Å². The van der Waals surface area contributed by atoms with Crippen molar-refractivity contribution in [3.05, 3.63) is 5.01 Å². The van der Waals surface area contributed by atoms with Crippen LogP contribution in [0.25, 0.3) is 0 Å². The summed E-state index contributed by atoms with van der Waals surface area (Å²) in [6, 6.07) is 0.813. The molecule has 0 spiro atoms. The fourth-order valence-corrected chi connectivity index (χ4v) is 2.50. The normalized spacial score (nSPS) is 15.7. The summed E-state index contributed by atoms with van der Waals surface area (Å²) in [4.78, 5) is 2.56. The van der Waals surface area contributed by atoms with E-state index in [-0.39, 0.29) is 0 Å². The van der Waals surface area contributed by atoms with Crippen LogP contribution in [0.1, 0.15) is 37.6 Å². The van der Waals surface area contributed by atoms with Crippen LogP contribution >= 0.6 is 11.3 Å². The molecule has 1 aliphatic rings. The van der Waals surface area contributed by atoms with E-state index in [4.69, 9.17) is 0 Å². The molecule has 1 heterocycles. The fourth-order valence-electron chi connectivity index (χ4n) is 1.78. The molecule has 1 aromatic rings. The monoisotopic (exact) mass is 240 g/mol. The molecule has 0 bridgehead atoms. The Kier molecular flexibility index (Phi) is 4.12. The molecule has 90 valence electrons. The van der Waals surface area contributed by atoms with Gasteiger partial charge in [0.15, 0.2) is 0 Å². The van der Waals surface area contributed by atoms with Crippen molar-refractivity contribution >= 4 is 16.5 Å². The van der Waals surface area contributed by atoms with Crippen LogP contribution < -0.4 is 5.32 Å². The van der Waals surface area contributed by atoms with E-state index in [0.29, 0.717) is 0 Å². The van der Waals surface area contributed by atoms with Gasteiger partial charge in [-0.3, -0.25) is 4.90 Å². The number of anilines is 1. The minimum Gasteiger partial charge on any atom is -0.363 e. The molecule has 0 atom stereocenters. The zero-order chi connectivity index (χ0) is 11.4. The number of aromatic nitrogens is 2. The van der Waals surface area contributed by atoms with Crippen LogP contribution in [-0.4, -0.2) is 34.7 Å². The quantitative estimate of drug-likeness (QED) is 0.794. The zero-order valence-electron chi connectivity index (χ0n) is 10.1. The summed E-state index contributed by atoms with van der Waals surface area (Å²) in [5.41, 5.74) is 0. The third kappa shape index (κ3) is 3.15. The second-order valence-corrected chi connectivity index (χ2v) is 5.37. The Bertz CT molecular complexity index is 322. The smallest absolute Gasteiger partial charge is 0.205 e. The molecule has 0 unspecified atom stereocenters. The van der Waals surface area contributed by atoms with Crippen molar-refractivity contribution in [2.75, 3.05) is 18.9 Å². The van der Waals surface area contributed by atoms with Crippen molar-refractivity contribution in [2.45, 2.75) is 45.2 Å². The number of hydrogen-bond donors (Lipinski definition) is 1. The highest BCUT2D eigenvalue weighted by atomic mass is 32.1. The Hall–Kier alpha value is -0.680. The minimum absolute atomic E-state index is 0.813. The van der Waals surface area contributed by atoms with Crippen molar-refractivity contribution in [2.24, 2.45) is 0 Å². The highest BCUT2D eigenvalue weighted by Crippen LogP contribution is 2.29. The van der Waals surface area contributed by atoms with E-state index in [1.165, 1.54) is 32.2 Å². The molecule has 1 N–H and O–H groups in total. The van der Waals surface area contributed by atoms with Gasteiger partial charge in [-0.2, -0.15) is 0 Å². The topological polar surface area (TPSA) is 41.1 Å². The number of nitrogens with zero attached hydrogens (tertiary/aromatic N) is 3. The maximum Gasteiger partial charge on any atom is 0.205 e. The van der Waals surface area contributed by atoms with Crippen LogP contribution in [0.5, 0.6) is 0 Å². The molecule has 0 saturated heterocycles. The van der Waals surface area contributed by atoms with E-state index in [1.54, 1.807) is 11.3 Å². The van der Waals surface area contributed by atoms with Crippen LogP contribution in [0.2, 0.25) is 0 Å². The van der Waals surface area contributed by atoms with Crippen LogP contribution in [0.3, 0.4) is 0 Å². The molecule has 1 fully saturated rings. The first kappa shape index (κ1) is 11.8. The van der Waals surface area contributed by atoms with Gasteiger partial charge in [-0.05, 0) is 25.8 Å². The van der Waals surface area contributed by atoms with Gasteiger partial charge in [-0.25, -0.2) is 0 Å². The van der Waals surface area contributed by atoms with E-state index in [9.17, 15) is 0 Å². The molecule has 0 aromatic carbocycles. The van der Waals surface area contributed by atoms with Gasteiger partial charge in [-0.1, -0.05) is 24.7 Å². The molecular weight excluding hydrogens is 220 g/mol. The molecule has 0 radical (unpaired) electrons. The van der Waals surface area contributed by atoms with Crippen molar-refractivity contribution in [3.63, 3.8) is 0 Å². The van der Waals surface area contributed by atoms with Gasteiger partial charge in [0, 0.05) is 13.1 Å². The highest BCUT2D eigenvalue weighted by molar-refractivity contribution is 7.15. The number of hydrogen-bond acceptors (Lipinski definition) is 5. The Morgan fingerprint density at radius 2 is 2.25 bits per heavy atom. The van der Waals surface area contributed by atoms with Gasteiger partial charge < -0.3 is 5.32 Å². The van der Waals surface area contributed by atoms with Crippen molar-refractivity contribution in [1.29, 1.82) is 0 Å². The lowest BCUT2D eigenvalue weighted by Crippen LogP contribution is -2.26. The van der Waals surface area contributed by atoms with Gasteiger partial charge in [0.05, 0.1) is 6.54 Å². The zero-order valence-corrected chi connectivity index (χ0v) is 10.9. The lowest BCUT2D eigenvalue weighted by atomic mass is 10.3. The van der Waals surface area contributed by atoms with E-state index in [2.05, 4.69) is 27.3 Å². The SMILES string of the molecule is CCCCN(Cc1nnc(NC)s1)C1CC1. The molecule has 4 nitrogen and oxygen atoms in total. The first-order chi connectivity index (χ1) is 7.83. The number of rotatable bonds is 7. The van der Waals surface area contributed by atoms with E-state index >= 15 is 0 Å². The summed E-state index contributed by atoms with van der Waals surface area (Å²) < 4.78 is 0. The summed E-state index contributed by atoms with van der Waals surface area (Å²) in [5, 5.41) is 13.4. The summed E-state index contributed by atoms with van der Waals surface area (Å²) in [6.45, 7) is 4.43. The highest BCUT2D eigenvalue weighted by Gasteiger charge is 2.29. The number of unbranched alkanes of at least 4 members (excludes halogenated alkanes) is 1. The predicted octanol–water partition coefficient (Wildman–Crippen LogP) is 2.34. The Labute approximate surface area is 101 Å². The van der Waals surface area contributed by atoms with Crippen molar-refractivity contribution < 1.29 is 0 Å². The number of nitrogens with one attached hydrogen (secondary N) is 1. The first-order valence-electron chi connectivity index (χ1n) is 6.07. The largest absolute Gasteiger partial charge is 0.363 e. The molecule has 1 saturated carbocycles. The molecule has 2 rings (SSSR count). The van der Waals surface area contributed by atoms with Crippen LogP contribution in [0.4, 0.5) is 5.13 Å². The molecular formula is C11H20N4S. The van der Waals surface area contributed by atoms with Gasteiger partial charge in [0.2, 0.25) is 5.13 Å². The second-order valence-electron chi connectivity index (χ2n) is 4.31. The molecule has 16 heavy (non-hydrogen) atoms. The summed E-state index contributed by atoms with van der Waals surface area (Å²) in [7, 11) is 1.89. The molecule has 1 aromatic heterocycles. The first-order valence-corrected chi connectivity index (χ1v) is 6.89. The van der Waals surface area contributed by atoms with Crippen LogP contribution in [0.15, 0.2) is 0 Å². The molecule has 0 aliphatic heterocycles. The van der Waals surface area contributed by atoms with E-state index < -0.39 is 0 Å². The Balaban J connectivity index is 1.88. The third-order valence-corrected chi connectivity index (χ3v) is 3.81.